The van der Waals surface area contributed by atoms with Crippen LogP contribution in [0.1, 0.15) is 27.7 Å². The maximum atomic E-state index is 12.1. The lowest BCUT2D eigenvalue weighted by atomic mass is 10.1. The van der Waals surface area contributed by atoms with E-state index in [2.05, 4.69) is 5.32 Å². The largest absolute Gasteiger partial charge is 0.326 e. The molecule has 0 radical (unpaired) electrons. The van der Waals surface area contributed by atoms with E-state index in [4.69, 9.17) is 0 Å². The summed E-state index contributed by atoms with van der Waals surface area (Å²) in [5.41, 5.74) is 2.34. The van der Waals surface area contributed by atoms with Crippen LogP contribution in [-0.2, 0) is 4.79 Å². The van der Waals surface area contributed by atoms with Crippen LogP contribution in [0.15, 0.2) is 41.8 Å². The molecule has 1 heterocycles. The predicted molar refractivity (Wildman–Crippen MR) is 83.2 cm³/mol. The molecular formula is C16H15NO2S. The average molecular weight is 285 g/mol. The SMILES string of the molecule is CC(=O)Nc1cccc(C(=O)/C=C/c2sccc2C)c1. The van der Waals surface area contributed by atoms with Crippen LogP contribution in [0.25, 0.3) is 6.08 Å². The van der Waals surface area contributed by atoms with E-state index < -0.39 is 0 Å². The van der Waals surface area contributed by atoms with Gasteiger partial charge in [-0.1, -0.05) is 12.1 Å². The molecule has 20 heavy (non-hydrogen) atoms. The Morgan fingerprint density at radius 3 is 2.70 bits per heavy atom. The number of ketones is 1. The van der Waals surface area contributed by atoms with Crippen LogP contribution < -0.4 is 5.32 Å². The second-order valence-corrected chi connectivity index (χ2v) is 5.38. The predicted octanol–water partition coefficient (Wildman–Crippen LogP) is 3.91. The number of aryl methyl sites for hydroxylation is 1. The van der Waals surface area contributed by atoms with Crippen molar-refractivity contribution in [2.75, 3.05) is 5.32 Å². The summed E-state index contributed by atoms with van der Waals surface area (Å²) < 4.78 is 0. The first-order valence-electron chi connectivity index (χ1n) is 6.20. The molecule has 0 fully saturated rings. The number of anilines is 1. The van der Waals surface area contributed by atoms with Crippen molar-refractivity contribution >= 4 is 34.8 Å². The van der Waals surface area contributed by atoms with Gasteiger partial charge < -0.3 is 5.32 Å². The molecule has 4 heteroatoms. The fraction of sp³-hybridized carbons (Fsp3) is 0.125. The van der Waals surface area contributed by atoms with E-state index in [1.54, 1.807) is 41.7 Å². The number of benzene rings is 1. The van der Waals surface area contributed by atoms with E-state index in [9.17, 15) is 9.59 Å². The zero-order valence-corrected chi connectivity index (χ0v) is 12.2. The van der Waals surface area contributed by atoms with E-state index in [0.29, 0.717) is 11.3 Å². The summed E-state index contributed by atoms with van der Waals surface area (Å²) in [6, 6.07) is 8.94. The van der Waals surface area contributed by atoms with E-state index >= 15 is 0 Å². The smallest absolute Gasteiger partial charge is 0.221 e. The lowest BCUT2D eigenvalue weighted by Gasteiger charge is -2.03. The van der Waals surface area contributed by atoms with Gasteiger partial charge in [-0.15, -0.1) is 11.3 Å². The first-order chi connectivity index (χ1) is 9.56. The van der Waals surface area contributed by atoms with Crippen LogP contribution in [0.2, 0.25) is 0 Å². The third-order valence-corrected chi connectivity index (χ3v) is 3.74. The average Bonchev–Trinajstić information content (AvgIpc) is 2.81. The van der Waals surface area contributed by atoms with Gasteiger partial charge in [0.05, 0.1) is 0 Å². The maximum Gasteiger partial charge on any atom is 0.221 e. The molecule has 1 aromatic heterocycles. The number of carbonyl (C=O) groups is 2. The summed E-state index contributed by atoms with van der Waals surface area (Å²) in [5.74, 6) is -0.232. The Bertz CT molecular complexity index is 671. The Morgan fingerprint density at radius 2 is 2.05 bits per heavy atom. The lowest BCUT2D eigenvalue weighted by Crippen LogP contribution is -2.06. The molecule has 1 N–H and O–H groups in total. The fourth-order valence-corrected chi connectivity index (χ4v) is 2.58. The van der Waals surface area contributed by atoms with E-state index in [1.165, 1.54) is 6.92 Å². The van der Waals surface area contributed by atoms with E-state index in [-0.39, 0.29) is 11.7 Å². The van der Waals surface area contributed by atoms with Gasteiger partial charge in [0.2, 0.25) is 5.91 Å². The van der Waals surface area contributed by atoms with Crippen molar-refractivity contribution in [1.29, 1.82) is 0 Å². The summed E-state index contributed by atoms with van der Waals surface area (Å²) >= 11 is 1.60. The number of rotatable bonds is 4. The van der Waals surface area contributed by atoms with Crippen molar-refractivity contribution in [2.24, 2.45) is 0 Å². The van der Waals surface area contributed by atoms with Crippen molar-refractivity contribution in [3.05, 3.63) is 57.8 Å². The highest BCUT2D eigenvalue weighted by molar-refractivity contribution is 7.11. The van der Waals surface area contributed by atoms with E-state index in [0.717, 1.165) is 10.4 Å². The summed E-state index contributed by atoms with van der Waals surface area (Å²) in [5, 5.41) is 4.66. The van der Waals surface area contributed by atoms with Crippen LogP contribution in [0, 0.1) is 6.92 Å². The lowest BCUT2D eigenvalue weighted by molar-refractivity contribution is -0.114. The van der Waals surface area contributed by atoms with Gasteiger partial charge >= 0.3 is 0 Å². The molecule has 0 aliphatic rings. The van der Waals surface area contributed by atoms with E-state index in [1.807, 2.05) is 24.4 Å². The van der Waals surface area contributed by atoms with Crippen LogP contribution in [0.5, 0.6) is 0 Å². The highest BCUT2D eigenvalue weighted by atomic mass is 32.1. The van der Waals surface area contributed by atoms with Gasteiger partial charge in [-0.2, -0.15) is 0 Å². The van der Waals surface area contributed by atoms with Crippen molar-refractivity contribution in [1.82, 2.24) is 0 Å². The minimum absolute atomic E-state index is 0.0787. The molecule has 2 rings (SSSR count). The Balaban J connectivity index is 2.15. The number of amides is 1. The van der Waals surface area contributed by atoms with Gasteiger partial charge in [0.25, 0.3) is 0 Å². The van der Waals surface area contributed by atoms with Gasteiger partial charge in [0, 0.05) is 23.1 Å². The van der Waals surface area contributed by atoms with Gasteiger partial charge in [-0.3, -0.25) is 9.59 Å². The number of hydrogen-bond acceptors (Lipinski definition) is 3. The fourth-order valence-electron chi connectivity index (χ4n) is 1.76. The number of allylic oxidation sites excluding steroid dienone is 1. The van der Waals surface area contributed by atoms with Gasteiger partial charge in [0.1, 0.15) is 0 Å². The van der Waals surface area contributed by atoms with Crippen LogP contribution in [-0.4, -0.2) is 11.7 Å². The van der Waals surface area contributed by atoms with Crippen LogP contribution in [0.4, 0.5) is 5.69 Å². The van der Waals surface area contributed by atoms with Gasteiger partial charge in [-0.25, -0.2) is 0 Å². The standard InChI is InChI=1S/C16H15NO2S/c1-11-8-9-20-16(11)7-6-15(19)13-4-3-5-14(10-13)17-12(2)18/h3-10H,1-2H3,(H,17,18)/b7-6+. The van der Waals surface area contributed by atoms with Gasteiger partial charge in [0.15, 0.2) is 5.78 Å². The first kappa shape index (κ1) is 14.2. The summed E-state index contributed by atoms with van der Waals surface area (Å²) in [6.07, 6.45) is 3.39. The maximum absolute atomic E-state index is 12.1. The molecule has 0 atom stereocenters. The summed E-state index contributed by atoms with van der Waals surface area (Å²) in [6.45, 7) is 3.45. The molecule has 1 aromatic carbocycles. The second kappa shape index (κ2) is 6.30. The molecule has 1 amide bonds. The minimum Gasteiger partial charge on any atom is -0.326 e. The monoisotopic (exact) mass is 285 g/mol. The van der Waals surface area contributed by atoms with Crippen LogP contribution >= 0.6 is 11.3 Å². The zero-order chi connectivity index (χ0) is 14.5. The Morgan fingerprint density at radius 1 is 1.25 bits per heavy atom. The number of carbonyl (C=O) groups excluding carboxylic acids is 2. The topological polar surface area (TPSA) is 46.2 Å². The minimum atomic E-state index is -0.153. The van der Waals surface area contributed by atoms with Crippen molar-refractivity contribution in [3.63, 3.8) is 0 Å². The summed E-state index contributed by atoms with van der Waals surface area (Å²) in [7, 11) is 0. The molecule has 0 unspecified atom stereocenters. The molecule has 0 aliphatic heterocycles. The zero-order valence-electron chi connectivity index (χ0n) is 11.3. The molecule has 0 aliphatic carbocycles. The molecule has 3 nitrogen and oxygen atoms in total. The van der Waals surface area contributed by atoms with Crippen molar-refractivity contribution in [2.45, 2.75) is 13.8 Å². The Labute approximate surface area is 122 Å². The highest BCUT2D eigenvalue weighted by Crippen LogP contribution is 2.18. The summed E-state index contributed by atoms with van der Waals surface area (Å²) in [4.78, 5) is 24.2. The molecule has 0 bridgehead atoms. The molecule has 0 saturated carbocycles. The first-order valence-corrected chi connectivity index (χ1v) is 7.08. The molecule has 2 aromatic rings. The molecule has 102 valence electrons. The third kappa shape index (κ3) is 3.65. The normalized spacial score (nSPS) is 10.7. The molecule has 0 saturated heterocycles. The Kier molecular flexibility index (Phi) is 4.48. The van der Waals surface area contributed by atoms with Crippen molar-refractivity contribution < 1.29 is 9.59 Å². The Hall–Kier alpha value is -2.20. The number of thiophene rings is 1. The van der Waals surface area contributed by atoms with Crippen molar-refractivity contribution in [3.8, 4) is 0 Å². The molecular weight excluding hydrogens is 270 g/mol. The second-order valence-electron chi connectivity index (χ2n) is 4.43. The number of nitrogens with one attached hydrogen (secondary N) is 1. The quantitative estimate of drug-likeness (QED) is 0.684. The third-order valence-electron chi connectivity index (χ3n) is 2.76. The van der Waals surface area contributed by atoms with Gasteiger partial charge in [-0.05, 0) is 48.2 Å². The molecule has 0 spiro atoms. The number of hydrogen-bond donors (Lipinski definition) is 1. The highest BCUT2D eigenvalue weighted by Gasteiger charge is 2.04. The van der Waals surface area contributed by atoms with Crippen LogP contribution in [0.3, 0.4) is 0 Å².